The van der Waals surface area contributed by atoms with Gasteiger partial charge in [-0.2, -0.15) is 0 Å². The van der Waals surface area contributed by atoms with Gasteiger partial charge in [-0.25, -0.2) is 0 Å². The second kappa shape index (κ2) is 14.7. The van der Waals surface area contributed by atoms with Gasteiger partial charge in [0.2, 0.25) is 0 Å². The van der Waals surface area contributed by atoms with Crippen molar-refractivity contribution in [3.05, 3.63) is 126 Å². The third kappa shape index (κ3) is 8.61. The van der Waals surface area contributed by atoms with E-state index in [-0.39, 0.29) is 0 Å². The van der Waals surface area contributed by atoms with Gasteiger partial charge < -0.3 is 4.90 Å². The standard InChI is InChI=1S/C22H27N.C8H8.C2H6/c1-7-19-11-12-20(8-2)21(14-19)15-23(16(3)4)22-13-17(5)9-10-18(22)6;1-2-8-6-4-3-5-7-8;1-2/h7,9-14H,1,3,8,15H2,2,4-6H3;2-7H,1H2;1-2H3. The van der Waals surface area contributed by atoms with E-state index in [2.05, 4.69) is 88.7 Å². The van der Waals surface area contributed by atoms with Crippen molar-refractivity contribution in [2.24, 2.45) is 0 Å². The van der Waals surface area contributed by atoms with E-state index in [0.29, 0.717) is 0 Å². The normalized spacial score (nSPS) is 9.52. The molecule has 0 saturated carbocycles. The quantitative estimate of drug-likeness (QED) is 0.354. The SMILES string of the molecule is C=Cc1ccc(CC)c(CN(C(=C)C)c2cc(C)ccc2C)c1.C=Cc1ccccc1.CC. The van der Waals surface area contributed by atoms with Crippen molar-refractivity contribution in [3.63, 3.8) is 0 Å². The van der Waals surface area contributed by atoms with Crippen LogP contribution in [0.25, 0.3) is 12.2 Å². The number of rotatable bonds is 7. The van der Waals surface area contributed by atoms with Gasteiger partial charge in [-0.15, -0.1) is 0 Å². The molecule has 0 aromatic heterocycles. The van der Waals surface area contributed by atoms with Crippen LogP contribution < -0.4 is 4.90 Å². The number of hydrogen-bond donors (Lipinski definition) is 0. The Morgan fingerprint density at radius 3 is 1.97 bits per heavy atom. The molecular formula is C32H41N. The highest BCUT2D eigenvalue weighted by Gasteiger charge is 2.13. The molecule has 0 amide bonds. The first-order valence-corrected chi connectivity index (χ1v) is 11.8. The molecule has 33 heavy (non-hydrogen) atoms. The van der Waals surface area contributed by atoms with Gasteiger partial charge in [0.05, 0.1) is 0 Å². The third-order valence-corrected chi connectivity index (χ3v) is 5.33. The van der Waals surface area contributed by atoms with Crippen LogP contribution in [0.4, 0.5) is 5.69 Å². The average molecular weight is 440 g/mol. The summed E-state index contributed by atoms with van der Waals surface area (Å²) in [4.78, 5) is 2.31. The fraction of sp³-hybridized carbons (Fsp3) is 0.250. The number of nitrogens with zero attached hydrogens (tertiary/aromatic N) is 1. The van der Waals surface area contributed by atoms with Gasteiger partial charge >= 0.3 is 0 Å². The topological polar surface area (TPSA) is 3.24 Å². The van der Waals surface area contributed by atoms with Gasteiger partial charge in [0.1, 0.15) is 0 Å². The first-order chi connectivity index (χ1) is 15.9. The molecule has 0 heterocycles. The maximum Gasteiger partial charge on any atom is 0.0481 e. The highest BCUT2D eigenvalue weighted by Crippen LogP contribution is 2.28. The Hall–Kier alpha value is -3.32. The molecule has 0 aliphatic carbocycles. The molecule has 1 nitrogen and oxygen atoms in total. The van der Waals surface area contributed by atoms with Crippen LogP contribution in [-0.2, 0) is 13.0 Å². The molecule has 0 N–H and O–H groups in total. The maximum absolute atomic E-state index is 4.20. The summed E-state index contributed by atoms with van der Waals surface area (Å²) in [5, 5.41) is 0. The molecule has 0 atom stereocenters. The molecule has 3 rings (SSSR count). The number of hydrogen-bond acceptors (Lipinski definition) is 1. The highest BCUT2D eigenvalue weighted by molar-refractivity contribution is 5.60. The minimum atomic E-state index is 0.838. The number of allylic oxidation sites excluding steroid dienone is 1. The summed E-state index contributed by atoms with van der Waals surface area (Å²) in [6.07, 6.45) is 4.77. The summed E-state index contributed by atoms with van der Waals surface area (Å²) in [5.41, 5.74) is 9.91. The Kier molecular flexibility index (Phi) is 12.3. The van der Waals surface area contributed by atoms with E-state index in [1.54, 1.807) is 0 Å². The van der Waals surface area contributed by atoms with Crippen LogP contribution >= 0.6 is 0 Å². The zero-order chi connectivity index (χ0) is 24.8. The van der Waals surface area contributed by atoms with Crippen LogP contribution in [0.2, 0.25) is 0 Å². The lowest BCUT2D eigenvalue weighted by molar-refractivity contribution is 0.890. The fourth-order valence-corrected chi connectivity index (χ4v) is 3.46. The van der Waals surface area contributed by atoms with Gasteiger partial charge in [-0.3, -0.25) is 0 Å². The van der Waals surface area contributed by atoms with Crippen molar-refractivity contribution >= 4 is 17.8 Å². The first-order valence-electron chi connectivity index (χ1n) is 11.8. The smallest absolute Gasteiger partial charge is 0.0481 e. The Morgan fingerprint density at radius 1 is 0.818 bits per heavy atom. The molecule has 0 spiro atoms. The second-order valence-electron chi connectivity index (χ2n) is 7.81. The molecule has 0 saturated heterocycles. The molecule has 174 valence electrons. The van der Waals surface area contributed by atoms with Crippen molar-refractivity contribution in [2.75, 3.05) is 4.90 Å². The Bertz CT molecular complexity index is 1030. The lowest BCUT2D eigenvalue weighted by Crippen LogP contribution is -2.21. The number of aryl methyl sites for hydroxylation is 3. The first kappa shape index (κ1) is 27.7. The summed E-state index contributed by atoms with van der Waals surface area (Å²) < 4.78 is 0. The van der Waals surface area contributed by atoms with Gasteiger partial charge in [0, 0.05) is 17.9 Å². The van der Waals surface area contributed by atoms with Crippen molar-refractivity contribution in [1.82, 2.24) is 0 Å². The maximum atomic E-state index is 4.20. The molecular weight excluding hydrogens is 398 g/mol. The third-order valence-electron chi connectivity index (χ3n) is 5.33. The number of anilines is 1. The predicted molar refractivity (Wildman–Crippen MR) is 151 cm³/mol. The number of benzene rings is 3. The summed E-state index contributed by atoms with van der Waals surface area (Å²) in [6.45, 7) is 25.1. The van der Waals surface area contributed by atoms with Crippen LogP contribution in [0, 0.1) is 13.8 Å². The molecule has 0 aliphatic rings. The molecule has 1 heteroatoms. The molecule has 0 unspecified atom stereocenters. The van der Waals surface area contributed by atoms with E-state index in [1.807, 2.05) is 56.3 Å². The summed E-state index contributed by atoms with van der Waals surface area (Å²) in [5.74, 6) is 0. The summed E-state index contributed by atoms with van der Waals surface area (Å²) >= 11 is 0. The molecule has 0 radical (unpaired) electrons. The van der Waals surface area contributed by atoms with Crippen molar-refractivity contribution in [3.8, 4) is 0 Å². The van der Waals surface area contributed by atoms with Crippen LogP contribution in [0.1, 0.15) is 61.1 Å². The van der Waals surface area contributed by atoms with E-state index >= 15 is 0 Å². The lowest BCUT2D eigenvalue weighted by atomic mass is 10.0. The zero-order valence-corrected chi connectivity index (χ0v) is 21.5. The molecule has 3 aromatic rings. The molecule has 0 aliphatic heterocycles. The van der Waals surface area contributed by atoms with Crippen LogP contribution in [0.5, 0.6) is 0 Å². The van der Waals surface area contributed by atoms with Crippen LogP contribution in [0.15, 0.2) is 92.2 Å². The Morgan fingerprint density at radius 2 is 1.45 bits per heavy atom. The Labute approximate surface area is 202 Å². The minimum absolute atomic E-state index is 0.838. The van der Waals surface area contributed by atoms with Gasteiger partial charge in [0.15, 0.2) is 0 Å². The van der Waals surface area contributed by atoms with Gasteiger partial charge in [-0.05, 0) is 72.7 Å². The van der Waals surface area contributed by atoms with Crippen molar-refractivity contribution in [1.29, 1.82) is 0 Å². The van der Waals surface area contributed by atoms with E-state index in [1.165, 1.54) is 39.1 Å². The molecule has 0 fully saturated rings. The Balaban J connectivity index is 0.000000454. The van der Waals surface area contributed by atoms with E-state index in [9.17, 15) is 0 Å². The lowest BCUT2D eigenvalue weighted by Gasteiger charge is -2.28. The van der Waals surface area contributed by atoms with E-state index in [0.717, 1.165) is 18.7 Å². The van der Waals surface area contributed by atoms with Crippen molar-refractivity contribution in [2.45, 2.75) is 54.5 Å². The summed E-state index contributed by atoms with van der Waals surface area (Å²) in [6, 6.07) is 23.2. The monoisotopic (exact) mass is 439 g/mol. The minimum Gasteiger partial charge on any atom is -0.341 e. The average Bonchev–Trinajstić information content (AvgIpc) is 2.86. The second-order valence-corrected chi connectivity index (χ2v) is 7.81. The van der Waals surface area contributed by atoms with Crippen LogP contribution in [0.3, 0.4) is 0 Å². The van der Waals surface area contributed by atoms with Crippen LogP contribution in [-0.4, -0.2) is 0 Å². The van der Waals surface area contributed by atoms with Gasteiger partial charge in [-0.1, -0.05) is 107 Å². The van der Waals surface area contributed by atoms with Crippen molar-refractivity contribution < 1.29 is 0 Å². The predicted octanol–water partition coefficient (Wildman–Crippen LogP) is 9.40. The molecule has 3 aromatic carbocycles. The molecule has 0 bridgehead atoms. The van der Waals surface area contributed by atoms with E-state index in [4.69, 9.17) is 0 Å². The zero-order valence-electron chi connectivity index (χ0n) is 21.5. The largest absolute Gasteiger partial charge is 0.341 e. The van der Waals surface area contributed by atoms with E-state index < -0.39 is 0 Å². The summed E-state index contributed by atoms with van der Waals surface area (Å²) in [7, 11) is 0. The fourth-order valence-electron chi connectivity index (χ4n) is 3.46. The highest BCUT2D eigenvalue weighted by atomic mass is 15.1. The van der Waals surface area contributed by atoms with Gasteiger partial charge in [0.25, 0.3) is 0 Å².